The van der Waals surface area contributed by atoms with Crippen LogP contribution in [0.5, 0.6) is 0 Å². The van der Waals surface area contributed by atoms with E-state index in [2.05, 4.69) is 10.2 Å². The van der Waals surface area contributed by atoms with Crippen LogP contribution >= 0.6 is 46.3 Å². The number of halogens is 2. The lowest BCUT2D eigenvalue weighted by atomic mass is 10.4. The number of thioether (sulfide) groups is 1. The van der Waals surface area contributed by atoms with Crippen molar-refractivity contribution in [1.29, 1.82) is 0 Å². The largest absolute Gasteiger partial charge is 0.374 e. The van der Waals surface area contributed by atoms with E-state index in [0.717, 1.165) is 27.1 Å². The van der Waals surface area contributed by atoms with Crippen molar-refractivity contribution in [2.24, 2.45) is 0 Å². The SMILES string of the molecule is Nc1nnc(CCSc2cc(Cl)ccc2Cl)s1. The maximum atomic E-state index is 6.06. The first-order chi connectivity index (χ1) is 8.15. The number of hydrogen-bond donors (Lipinski definition) is 1. The van der Waals surface area contributed by atoms with Crippen molar-refractivity contribution in [2.75, 3.05) is 11.5 Å². The van der Waals surface area contributed by atoms with Crippen LogP contribution in [0.1, 0.15) is 5.01 Å². The predicted molar refractivity (Wildman–Crippen MR) is 75.2 cm³/mol. The molecule has 0 spiro atoms. The van der Waals surface area contributed by atoms with Crippen LogP contribution in [0.15, 0.2) is 23.1 Å². The highest BCUT2D eigenvalue weighted by Crippen LogP contribution is 2.30. The zero-order valence-electron chi connectivity index (χ0n) is 8.69. The molecule has 1 aromatic heterocycles. The van der Waals surface area contributed by atoms with E-state index in [-0.39, 0.29) is 0 Å². The minimum Gasteiger partial charge on any atom is -0.374 e. The Balaban J connectivity index is 1.91. The zero-order valence-corrected chi connectivity index (χ0v) is 11.8. The van der Waals surface area contributed by atoms with E-state index < -0.39 is 0 Å². The predicted octanol–water partition coefficient (Wildman–Crippen LogP) is 3.76. The first-order valence-electron chi connectivity index (χ1n) is 4.81. The lowest BCUT2D eigenvalue weighted by Gasteiger charge is -2.03. The number of aromatic nitrogens is 2. The number of benzene rings is 1. The molecule has 0 aliphatic carbocycles. The van der Waals surface area contributed by atoms with E-state index in [1.54, 1.807) is 23.9 Å². The molecule has 0 atom stereocenters. The first-order valence-corrected chi connectivity index (χ1v) is 7.36. The molecule has 1 aromatic carbocycles. The number of rotatable bonds is 4. The van der Waals surface area contributed by atoms with Gasteiger partial charge in [0.2, 0.25) is 5.13 Å². The van der Waals surface area contributed by atoms with E-state index in [0.29, 0.717) is 10.2 Å². The molecule has 0 bridgehead atoms. The highest BCUT2D eigenvalue weighted by atomic mass is 35.5. The molecule has 0 amide bonds. The lowest BCUT2D eigenvalue weighted by Crippen LogP contribution is -1.88. The third kappa shape index (κ3) is 3.74. The van der Waals surface area contributed by atoms with Crippen LogP contribution in [0.4, 0.5) is 5.13 Å². The quantitative estimate of drug-likeness (QED) is 0.874. The minimum absolute atomic E-state index is 0.505. The average Bonchev–Trinajstić information content (AvgIpc) is 2.69. The van der Waals surface area contributed by atoms with Crippen molar-refractivity contribution in [1.82, 2.24) is 10.2 Å². The number of aryl methyl sites for hydroxylation is 1. The third-order valence-corrected chi connectivity index (χ3v) is 4.50. The molecule has 90 valence electrons. The third-order valence-electron chi connectivity index (χ3n) is 1.95. The molecule has 0 aliphatic rings. The normalized spacial score (nSPS) is 10.7. The van der Waals surface area contributed by atoms with E-state index in [1.807, 2.05) is 6.07 Å². The standard InChI is InChI=1S/C10H9Cl2N3S2/c11-6-1-2-7(12)8(5-6)16-4-3-9-14-15-10(13)17-9/h1-2,5H,3-4H2,(H2,13,15). The molecule has 0 unspecified atom stereocenters. The van der Waals surface area contributed by atoms with Gasteiger partial charge >= 0.3 is 0 Å². The summed E-state index contributed by atoms with van der Waals surface area (Å²) in [6.45, 7) is 0. The van der Waals surface area contributed by atoms with Crippen molar-refractivity contribution in [3.8, 4) is 0 Å². The summed E-state index contributed by atoms with van der Waals surface area (Å²) < 4.78 is 0. The lowest BCUT2D eigenvalue weighted by molar-refractivity contribution is 0.993. The van der Waals surface area contributed by atoms with Crippen LogP contribution in [0.25, 0.3) is 0 Å². The van der Waals surface area contributed by atoms with Gasteiger partial charge in [0.25, 0.3) is 0 Å². The van der Waals surface area contributed by atoms with Gasteiger partial charge in [-0.05, 0) is 18.2 Å². The summed E-state index contributed by atoms with van der Waals surface area (Å²) in [5.41, 5.74) is 5.50. The van der Waals surface area contributed by atoms with Gasteiger partial charge in [-0.15, -0.1) is 22.0 Å². The smallest absolute Gasteiger partial charge is 0.203 e. The van der Waals surface area contributed by atoms with Crippen LogP contribution in [0.3, 0.4) is 0 Å². The van der Waals surface area contributed by atoms with Crippen molar-refractivity contribution in [3.05, 3.63) is 33.3 Å². The maximum absolute atomic E-state index is 6.06. The number of nitrogens with two attached hydrogens (primary N) is 1. The summed E-state index contributed by atoms with van der Waals surface area (Å²) in [5, 5.41) is 10.6. The Labute approximate surface area is 117 Å². The van der Waals surface area contributed by atoms with Crippen LogP contribution in [0, 0.1) is 0 Å². The molecular formula is C10H9Cl2N3S2. The number of nitrogens with zero attached hydrogens (tertiary/aromatic N) is 2. The summed E-state index contributed by atoms with van der Waals surface area (Å²) >= 11 is 15.0. The van der Waals surface area contributed by atoms with Crippen LogP contribution < -0.4 is 5.73 Å². The van der Waals surface area contributed by atoms with Gasteiger partial charge < -0.3 is 5.73 Å². The van der Waals surface area contributed by atoms with Gasteiger partial charge in [0.1, 0.15) is 5.01 Å². The van der Waals surface area contributed by atoms with Crippen molar-refractivity contribution in [3.63, 3.8) is 0 Å². The van der Waals surface area contributed by atoms with Crippen LogP contribution in [0.2, 0.25) is 10.0 Å². The highest BCUT2D eigenvalue weighted by Gasteiger charge is 2.04. The second-order valence-corrected chi connectivity index (χ2v) is 6.28. The van der Waals surface area contributed by atoms with Gasteiger partial charge in [-0.3, -0.25) is 0 Å². The van der Waals surface area contributed by atoms with Crippen molar-refractivity contribution < 1.29 is 0 Å². The monoisotopic (exact) mass is 305 g/mol. The van der Waals surface area contributed by atoms with E-state index >= 15 is 0 Å². The number of anilines is 1. The van der Waals surface area contributed by atoms with Gasteiger partial charge in [-0.25, -0.2) is 0 Å². The molecule has 0 aliphatic heterocycles. The summed E-state index contributed by atoms with van der Waals surface area (Å²) in [6.07, 6.45) is 0.822. The van der Waals surface area contributed by atoms with Gasteiger partial charge in [0, 0.05) is 22.1 Å². The minimum atomic E-state index is 0.505. The topological polar surface area (TPSA) is 51.8 Å². The van der Waals surface area contributed by atoms with Crippen LogP contribution in [-0.2, 0) is 6.42 Å². The first kappa shape index (κ1) is 13.0. The van der Waals surface area contributed by atoms with Gasteiger partial charge in [-0.2, -0.15) is 0 Å². The molecule has 2 N–H and O–H groups in total. The Morgan fingerprint density at radius 1 is 1.29 bits per heavy atom. The fourth-order valence-electron chi connectivity index (χ4n) is 1.20. The molecule has 0 saturated heterocycles. The van der Waals surface area contributed by atoms with Gasteiger partial charge in [-0.1, -0.05) is 34.5 Å². The molecule has 1 heterocycles. The molecule has 2 rings (SSSR count). The van der Waals surface area contributed by atoms with Crippen molar-refractivity contribution in [2.45, 2.75) is 11.3 Å². The van der Waals surface area contributed by atoms with E-state index in [4.69, 9.17) is 28.9 Å². The fourth-order valence-corrected chi connectivity index (χ4v) is 3.39. The average molecular weight is 306 g/mol. The molecule has 3 nitrogen and oxygen atoms in total. The summed E-state index contributed by atoms with van der Waals surface area (Å²) in [5.74, 6) is 0.870. The van der Waals surface area contributed by atoms with Gasteiger partial charge in [0.05, 0.1) is 5.02 Å². The Morgan fingerprint density at radius 3 is 2.82 bits per heavy atom. The Bertz CT molecular complexity index is 516. The second kappa shape index (κ2) is 5.91. The van der Waals surface area contributed by atoms with E-state index in [1.165, 1.54) is 11.3 Å². The zero-order chi connectivity index (χ0) is 12.3. The van der Waals surface area contributed by atoms with Crippen molar-refractivity contribution >= 4 is 51.4 Å². The highest BCUT2D eigenvalue weighted by molar-refractivity contribution is 7.99. The molecule has 0 radical (unpaired) electrons. The van der Waals surface area contributed by atoms with E-state index in [9.17, 15) is 0 Å². The number of nitrogen functional groups attached to an aromatic ring is 1. The Kier molecular flexibility index (Phi) is 4.50. The molecule has 7 heteroatoms. The fraction of sp³-hybridized carbons (Fsp3) is 0.200. The van der Waals surface area contributed by atoms with Crippen LogP contribution in [-0.4, -0.2) is 16.0 Å². The molecular weight excluding hydrogens is 297 g/mol. The molecule has 0 fully saturated rings. The molecule has 2 aromatic rings. The summed E-state index contributed by atoms with van der Waals surface area (Å²) in [7, 11) is 0. The summed E-state index contributed by atoms with van der Waals surface area (Å²) in [6, 6.07) is 5.44. The summed E-state index contributed by atoms with van der Waals surface area (Å²) in [4.78, 5) is 0.983. The maximum Gasteiger partial charge on any atom is 0.203 e. The second-order valence-electron chi connectivity index (χ2n) is 3.21. The number of hydrogen-bond acceptors (Lipinski definition) is 5. The molecule has 17 heavy (non-hydrogen) atoms. The Morgan fingerprint density at radius 2 is 2.12 bits per heavy atom. The van der Waals surface area contributed by atoms with Gasteiger partial charge in [0.15, 0.2) is 0 Å². The molecule has 0 saturated carbocycles. The Hall–Kier alpha value is -0.490.